The van der Waals surface area contributed by atoms with Crippen molar-refractivity contribution in [3.8, 4) is 11.5 Å². The van der Waals surface area contributed by atoms with E-state index >= 15 is 0 Å². The Morgan fingerprint density at radius 2 is 1.92 bits per heavy atom. The van der Waals surface area contributed by atoms with Crippen molar-refractivity contribution in [3.63, 3.8) is 0 Å². The molecule has 124 valence electrons. The normalized spacial score (nSPS) is 14.5. The summed E-state index contributed by atoms with van der Waals surface area (Å²) < 4.78 is 11.6. The van der Waals surface area contributed by atoms with Crippen LogP contribution in [0.25, 0.3) is 0 Å². The van der Waals surface area contributed by atoms with Gasteiger partial charge in [-0.3, -0.25) is 4.79 Å². The minimum absolute atomic E-state index is 0.0988. The zero-order chi connectivity index (χ0) is 16.5. The van der Waals surface area contributed by atoms with Gasteiger partial charge in [-0.15, -0.1) is 0 Å². The SMILES string of the molecule is CCN(C(=O)Cc1c2c(cc3c1OCC3)OCC2)c1ccccc1. The first-order valence-corrected chi connectivity index (χ1v) is 8.56. The van der Waals surface area contributed by atoms with Crippen LogP contribution in [0.5, 0.6) is 11.5 Å². The number of benzene rings is 2. The standard InChI is InChI=1S/C20H21NO3/c1-2-21(15-6-4-3-5-7-15)19(22)13-17-16-9-11-23-18(16)12-14-8-10-24-20(14)17/h3-7,12H,2,8-11,13H2,1H3. The van der Waals surface area contributed by atoms with E-state index in [1.165, 1.54) is 5.56 Å². The molecule has 2 aromatic rings. The van der Waals surface area contributed by atoms with Crippen LogP contribution in [0.4, 0.5) is 5.69 Å². The molecule has 4 heteroatoms. The van der Waals surface area contributed by atoms with Crippen LogP contribution >= 0.6 is 0 Å². The quantitative estimate of drug-likeness (QED) is 0.867. The average Bonchev–Trinajstić information content (AvgIpc) is 3.25. The summed E-state index contributed by atoms with van der Waals surface area (Å²) in [5, 5.41) is 0. The van der Waals surface area contributed by atoms with Crippen LogP contribution in [0, 0.1) is 0 Å². The van der Waals surface area contributed by atoms with E-state index in [0.29, 0.717) is 26.2 Å². The Bertz CT molecular complexity index is 738. The summed E-state index contributed by atoms with van der Waals surface area (Å²) in [6.45, 7) is 4.03. The van der Waals surface area contributed by atoms with Crippen LogP contribution in [0.15, 0.2) is 36.4 Å². The lowest BCUT2D eigenvalue weighted by molar-refractivity contribution is -0.118. The van der Waals surface area contributed by atoms with Crippen LogP contribution in [0.1, 0.15) is 23.6 Å². The summed E-state index contributed by atoms with van der Waals surface area (Å²) in [6.07, 6.45) is 2.10. The van der Waals surface area contributed by atoms with Crippen molar-refractivity contribution >= 4 is 11.6 Å². The van der Waals surface area contributed by atoms with Crippen molar-refractivity contribution in [1.29, 1.82) is 0 Å². The second-order valence-electron chi connectivity index (χ2n) is 6.17. The van der Waals surface area contributed by atoms with E-state index in [9.17, 15) is 4.79 Å². The molecule has 2 aliphatic rings. The number of fused-ring (bicyclic) bond motifs is 2. The highest BCUT2D eigenvalue weighted by Gasteiger charge is 2.28. The van der Waals surface area contributed by atoms with E-state index in [1.807, 2.05) is 42.2 Å². The molecule has 2 aromatic carbocycles. The van der Waals surface area contributed by atoms with Crippen molar-refractivity contribution in [3.05, 3.63) is 53.1 Å². The van der Waals surface area contributed by atoms with Crippen molar-refractivity contribution in [2.24, 2.45) is 0 Å². The summed E-state index contributed by atoms with van der Waals surface area (Å²) in [6, 6.07) is 11.9. The molecule has 0 N–H and O–H groups in total. The number of carbonyl (C=O) groups excluding carboxylic acids is 1. The zero-order valence-corrected chi connectivity index (χ0v) is 13.9. The highest BCUT2D eigenvalue weighted by atomic mass is 16.5. The van der Waals surface area contributed by atoms with Gasteiger partial charge >= 0.3 is 0 Å². The molecule has 0 radical (unpaired) electrons. The Kier molecular flexibility index (Phi) is 3.89. The van der Waals surface area contributed by atoms with E-state index in [1.54, 1.807) is 0 Å². The summed E-state index contributed by atoms with van der Waals surface area (Å²) in [5.74, 6) is 1.95. The Morgan fingerprint density at radius 3 is 2.71 bits per heavy atom. The number of ether oxygens (including phenoxy) is 2. The molecular formula is C20H21NO3. The van der Waals surface area contributed by atoms with E-state index < -0.39 is 0 Å². The summed E-state index contributed by atoms with van der Waals surface area (Å²) in [5.41, 5.74) is 4.28. The maximum absolute atomic E-state index is 13.0. The molecule has 0 aromatic heterocycles. The number of likely N-dealkylation sites (N-methyl/N-ethyl adjacent to an activating group) is 1. The summed E-state index contributed by atoms with van der Waals surface area (Å²) >= 11 is 0. The van der Waals surface area contributed by atoms with Gasteiger partial charge in [0.15, 0.2) is 0 Å². The Labute approximate surface area is 142 Å². The summed E-state index contributed by atoms with van der Waals surface area (Å²) in [7, 11) is 0. The number of nitrogens with zero attached hydrogens (tertiary/aromatic N) is 1. The van der Waals surface area contributed by atoms with Gasteiger partial charge in [0.2, 0.25) is 5.91 Å². The third-order valence-electron chi connectivity index (χ3n) is 4.77. The zero-order valence-electron chi connectivity index (χ0n) is 13.9. The van der Waals surface area contributed by atoms with Crippen molar-refractivity contribution in [2.75, 3.05) is 24.7 Å². The molecule has 2 aliphatic heterocycles. The number of anilines is 1. The van der Waals surface area contributed by atoms with Crippen LogP contribution in [-0.4, -0.2) is 25.7 Å². The Hall–Kier alpha value is -2.49. The molecule has 0 fully saturated rings. The minimum Gasteiger partial charge on any atom is -0.493 e. The fourth-order valence-corrected chi connectivity index (χ4v) is 3.63. The predicted molar refractivity (Wildman–Crippen MR) is 93.0 cm³/mol. The van der Waals surface area contributed by atoms with E-state index in [-0.39, 0.29) is 5.91 Å². The van der Waals surface area contributed by atoms with Gasteiger partial charge in [0.05, 0.1) is 19.6 Å². The molecular weight excluding hydrogens is 302 g/mol. The molecule has 4 nitrogen and oxygen atoms in total. The smallest absolute Gasteiger partial charge is 0.231 e. The lowest BCUT2D eigenvalue weighted by Gasteiger charge is -2.22. The van der Waals surface area contributed by atoms with Crippen LogP contribution < -0.4 is 14.4 Å². The van der Waals surface area contributed by atoms with Crippen molar-refractivity contribution in [2.45, 2.75) is 26.2 Å². The fraction of sp³-hybridized carbons (Fsp3) is 0.350. The van der Waals surface area contributed by atoms with E-state index in [0.717, 1.165) is 41.2 Å². The number of hydrogen-bond acceptors (Lipinski definition) is 3. The maximum Gasteiger partial charge on any atom is 0.231 e. The van der Waals surface area contributed by atoms with Gasteiger partial charge in [-0.1, -0.05) is 18.2 Å². The highest BCUT2D eigenvalue weighted by Crippen LogP contribution is 2.41. The lowest BCUT2D eigenvalue weighted by atomic mass is 9.96. The number of hydrogen-bond donors (Lipinski definition) is 0. The number of carbonyl (C=O) groups is 1. The minimum atomic E-state index is 0.0988. The molecule has 24 heavy (non-hydrogen) atoms. The highest BCUT2D eigenvalue weighted by molar-refractivity contribution is 5.95. The number of amides is 1. The third kappa shape index (κ3) is 2.52. The van der Waals surface area contributed by atoms with Gasteiger partial charge in [0.1, 0.15) is 11.5 Å². The average molecular weight is 323 g/mol. The molecule has 1 amide bonds. The Balaban J connectivity index is 1.67. The van der Waals surface area contributed by atoms with Crippen LogP contribution in [0.2, 0.25) is 0 Å². The second kappa shape index (κ2) is 6.19. The van der Waals surface area contributed by atoms with Gasteiger partial charge in [0.25, 0.3) is 0 Å². The van der Waals surface area contributed by atoms with Gasteiger partial charge in [-0.2, -0.15) is 0 Å². The van der Waals surface area contributed by atoms with Gasteiger partial charge < -0.3 is 14.4 Å². The van der Waals surface area contributed by atoms with Gasteiger partial charge in [-0.25, -0.2) is 0 Å². The Morgan fingerprint density at radius 1 is 1.12 bits per heavy atom. The molecule has 0 spiro atoms. The first-order chi connectivity index (χ1) is 11.8. The number of rotatable bonds is 4. The van der Waals surface area contributed by atoms with Gasteiger partial charge in [-0.05, 0) is 25.1 Å². The lowest BCUT2D eigenvalue weighted by Crippen LogP contribution is -2.32. The first kappa shape index (κ1) is 15.1. The molecule has 0 atom stereocenters. The van der Waals surface area contributed by atoms with E-state index in [4.69, 9.17) is 9.47 Å². The van der Waals surface area contributed by atoms with Crippen LogP contribution in [-0.2, 0) is 24.1 Å². The second-order valence-corrected chi connectivity index (χ2v) is 6.17. The maximum atomic E-state index is 13.0. The molecule has 0 aliphatic carbocycles. The van der Waals surface area contributed by atoms with Crippen molar-refractivity contribution < 1.29 is 14.3 Å². The molecule has 0 saturated carbocycles. The third-order valence-corrected chi connectivity index (χ3v) is 4.77. The number of para-hydroxylation sites is 1. The molecule has 0 unspecified atom stereocenters. The molecule has 0 saturated heterocycles. The fourth-order valence-electron chi connectivity index (χ4n) is 3.63. The van der Waals surface area contributed by atoms with Gasteiger partial charge in [0, 0.05) is 41.8 Å². The van der Waals surface area contributed by atoms with E-state index in [2.05, 4.69) is 6.07 Å². The first-order valence-electron chi connectivity index (χ1n) is 8.56. The summed E-state index contributed by atoms with van der Waals surface area (Å²) in [4.78, 5) is 14.8. The van der Waals surface area contributed by atoms with Crippen LogP contribution in [0.3, 0.4) is 0 Å². The molecule has 2 heterocycles. The monoisotopic (exact) mass is 323 g/mol. The molecule has 0 bridgehead atoms. The van der Waals surface area contributed by atoms with Crippen molar-refractivity contribution in [1.82, 2.24) is 0 Å². The topological polar surface area (TPSA) is 38.8 Å². The largest absolute Gasteiger partial charge is 0.493 e. The molecule has 4 rings (SSSR count). The predicted octanol–water partition coefficient (Wildman–Crippen LogP) is 3.15.